The van der Waals surface area contributed by atoms with Crippen LogP contribution in [0.25, 0.3) is 0 Å². The molecule has 2 rings (SSSR count). The summed E-state index contributed by atoms with van der Waals surface area (Å²) in [7, 11) is -0.854. The van der Waals surface area contributed by atoms with Gasteiger partial charge in [0.2, 0.25) is 21.8 Å². The van der Waals surface area contributed by atoms with Gasteiger partial charge in [0.25, 0.3) is 0 Å². The van der Waals surface area contributed by atoms with E-state index in [4.69, 9.17) is 9.47 Å². The Hall–Kier alpha value is -3.27. The second-order valence-electron chi connectivity index (χ2n) is 9.38. The molecule has 0 saturated carbocycles. The number of amides is 2. The molecule has 0 spiro atoms. The molecule has 0 aromatic heterocycles. The highest BCUT2D eigenvalue weighted by Gasteiger charge is 2.32. The van der Waals surface area contributed by atoms with Crippen LogP contribution in [0.5, 0.6) is 11.5 Å². The number of aryl methyl sites for hydroxylation is 1. The zero-order chi connectivity index (χ0) is 27.8. The van der Waals surface area contributed by atoms with Gasteiger partial charge in [-0.1, -0.05) is 39.0 Å². The van der Waals surface area contributed by atoms with Gasteiger partial charge in [-0.3, -0.25) is 13.9 Å². The van der Waals surface area contributed by atoms with Crippen molar-refractivity contribution in [3.8, 4) is 11.5 Å². The van der Waals surface area contributed by atoms with Crippen molar-refractivity contribution in [3.63, 3.8) is 0 Å². The summed E-state index contributed by atoms with van der Waals surface area (Å²) < 4.78 is 37.4. The molecule has 0 aliphatic rings. The third-order valence-electron chi connectivity index (χ3n) is 5.86. The maximum Gasteiger partial charge on any atom is 0.244 e. The quantitative estimate of drug-likeness (QED) is 0.423. The third-order valence-corrected chi connectivity index (χ3v) is 6.99. The van der Waals surface area contributed by atoms with Crippen LogP contribution in [0.4, 0.5) is 5.69 Å². The van der Waals surface area contributed by atoms with Crippen molar-refractivity contribution in [2.75, 3.05) is 37.9 Å². The van der Waals surface area contributed by atoms with Gasteiger partial charge in [0, 0.05) is 13.1 Å². The summed E-state index contributed by atoms with van der Waals surface area (Å²) in [6.45, 7) is 7.73. The number of hydrogen-bond acceptors (Lipinski definition) is 6. The van der Waals surface area contributed by atoms with Crippen molar-refractivity contribution in [2.24, 2.45) is 5.92 Å². The number of anilines is 1. The smallest absolute Gasteiger partial charge is 0.244 e. The number of benzene rings is 2. The van der Waals surface area contributed by atoms with Gasteiger partial charge in [-0.05, 0) is 54.7 Å². The highest BCUT2D eigenvalue weighted by atomic mass is 32.2. The number of carbonyl (C=O) groups excluding carboxylic acids is 2. The Morgan fingerprint density at radius 1 is 1.03 bits per heavy atom. The fraction of sp³-hybridized carbons (Fsp3) is 0.481. The predicted molar refractivity (Wildman–Crippen MR) is 145 cm³/mol. The first-order chi connectivity index (χ1) is 17.4. The Kier molecular flexibility index (Phi) is 10.8. The molecule has 9 nitrogen and oxygen atoms in total. The van der Waals surface area contributed by atoms with Crippen molar-refractivity contribution in [1.29, 1.82) is 0 Å². The summed E-state index contributed by atoms with van der Waals surface area (Å²) in [6, 6.07) is 11.5. The van der Waals surface area contributed by atoms with Crippen molar-refractivity contribution >= 4 is 27.5 Å². The second kappa shape index (κ2) is 13.3. The van der Waals surface area contributed by atoms with Crippen molar-refractivity contribution < 1.29 is 27.5 Å². The van der Waals surface area contributed by atoms with E-state index in [2.05, 4.69) is 5.32 Å². The molecule has 1 atom stereocenters. The maximum atomic E-state index is 13.8. The highest BCUT2D eigenvalue weighted by Crippen LogP contribution is 2.31. The average Bonchev–Trinajstić information content (AvgIpc) is 2.85. The van der Waals surface area contributed by atoms with Crippen LogP contribution in [-0.2, 0) is 26.2 Å². The van der Waals surface area contributed by atoms with E-state index in [9.17, 15) is 18.0 Å². The van der Waals surface area contributed by atoms with Gasteiger partial charge in [0.15, 0.2) is 0 Å². The Bertz CT molecular complexity index is 1170. The molecule has 2 aromatic carbocycles. The molecule has 0 fully saturated rings. The lowest BCUT2D eigenvalue weighted by Crippen LogP contribution is -2.52. The standard InChI is InChI=1S/C27H39N3O6S/c1-8-23(27(32)28-16-19(2)3)29(17-21-10-12-22(35-5)13-11-21)26(31)18-30(37(7,33)34)24-15-20(4)9-14-25(24)36-6/h9-15,19,23H,8,16-18H2,1-7H3,(H,28,32)/t23-/m0/s1. The Morgan fingerprint density at radius 3 is 2.19 bits per heavy atom. The number of hydrogen-bond donors (Lipinski definition) is 1. The number of methoxy groups -OCH3 is 2. The second-order valence-corrected chi connectivity index (χ2v) is 11.3. The number of carbonyl (C=O) groups is 2. The molecule has 0 aliphatic carbocycles. The SMILES string of the molecule is CC[C@@H](C(=O)NCC(C)C)N(Cc1ccc(OC)cc1)C(=O)CN(c1cc(C)ccc1OC)S(C)(=O)=O. The van der Waals surface area contributed by atoms with Crippen LogP contribution in [0.3, 0.4) is 0 Å². The minimum absolute atomic E-state index is 0.124. The molecule has 10 heteroatoms. The lowest BCUT2D eigenvalue weighted by atomic mass is 10.1. The van der Waals surface area contributed by atoms with Crippen LogP contribution < -0.4 is 19.1 Å². The van der Waals surface area contributed by atoms with Crippen molar-refractivity contribution in [2.45, 2.75) is 46.7 Å². The molecule has 0 radical (unpaired) electrons. The topological polar surface area (TPSA) is 105 Å². The fourth-order valence-electron chi connectivity index (χ4n) is 3.86. The summed E-state index contributed by atoms with van der Waals surface area (Å²) >= 11 is 0. The van der Waals surface area contributed by atoms with E-state index < -0.39 is 28.5 Å². The molecular weight excluding hydrogens is 494 g/mol. The molecular formula is C27H39N3O6S. The van der Waals surface area contributed by atoms with Crippen LogP contribution in [0.2, 0.25) is 0 Å². The Morgan fingerprint density at radius 2 is 1.68 bits per heavy atom. The molecule has 204 valence electrons. The number of ether oxygens (including phenoxy) is 2. The van der Waals surface area contributed by atoms with Crippen LogP contribution in [0.15, 0.2) is 42.5 Å². The van der Waals surface area contributed by atoms with Gasteiger partial charge in [-0.25, -0.2) is 8.42 Å². The molecule has 0 unspecified atom stereocenters. The van der Waals surface area contributed by atoms with E-state index in [0.717, 1.165) is 21.7 Å². The van der Waals surface area contributed by atoms with E-state index in [-0.39, 0.29) is 24.1 Å². The first-order valence-corrected chi connectivity index (χ1v) is 14.1. The maximum absolute atomic E-state index is 13.8. The first-order valence-electron chi connectivity index (χ1n) is 12.2. The molecule has 0 bridgehead atoms. The molecule has 2 aromatic rings. The van der Waals surface area contributed by atoms with Crippen LogP contribution >= 0.6 is 0 Å². The van der Waals surface area contributed by atoms with Crippen molar-refractivity contribution in [1.82, 2.24) is 10.2 Å². The van der Waals surface area contributed by atoms with E-state index in [1.54, 1.807) is 37.4 Å². The fourth-order valence-corrected chi connectivity index (χ4v) is 4.70. The number of nitrogens with one attached hydrogen (secondary N) is 1. The zero-order valence-corrected chi connectivity index (χ0v) is 23.6. The number of nitrogens with zero attached hydrogens (tertiary/aromatic N) is 2. The minimum atomic E-state index is -3.86. The molecule has 0 saturated heterocycles. The number of sulfonamides is 1. The molecule has 1 N–H and O–H groups in total. The van der Waals surface area contributed by atoms with Gasteiger partial charge in [-0.15, -0.1) is 0 Å². The lowest BCUT2D eigenvalue weighted by molar-refractivity contribution is -0.140. The number of rotatable bonds is 13. The summed E-state index contributed by atoms with van der Waals surface area (Å²) in [5.74, 6) is 0.445. The van der Waals surface area contributed by atoms with E-state index in [1.807, 2.05) is 39.8 Å². The molecule has 0 heterocycles. The zero-order valence-electron chi connectivity index (χ0n) is 22.8. The minimum Gasteiger partial charge on any atom is -0.497 e. The van der Waals surface area contributed by atoms with Gasteiger partial charge in [-0.2, -0.15) is 0 Å². The van der Waals surface area contributed by atoms with Crippen LogP contribution in [-0.4, -0.2) is 64.7 Å². The lowest BCUT2D eigenvalue weighted by Gasteiger charge is -2.33. The summed E-state index contributed by atoms with van der Waals surface area (Å²) in [6.07, 6.45) is 1.40. The highest BCUT2D eigenvalue weighted by molar-refractivity contribution is 7.92. The van der Waals surface area contributed by atoms with E-state index >= 15 is 0 Å². The summed E-state index contributed by atoms with van der Waals surface area (Å²) in [4.78, 5) is 28.4. The van der Waals surface area contributed by atoms with Gasteiger partial charge in [0.05, 0.1) is 26.2 Å². The normalized spacial score (nSPS) is 12.1. The largest absolute Gasteiger partial charge is 0.497 e. The van der Waals surface area contributed by atoms with E-state index in [0.29, 0.717) is 24.5 Å². The molecule has 37 heavy (non-hydrogen) atoms. The Labute approximate surface area is 220 Å². The third kappa shape index (κ3) is 8.38. The monoisotopic (exact) mass is 533 g/mol. The van der Waals surface area contributed by atoms with Gasteiger partial charge >= 0.3 is 0 Å². The van der Waals surface area contributed by atoms with Gasteiger partial charge in [0.1, 0.15) is 24.1 Å². The van der Waals surface area contributed by atoms with Crippen LogP contribution in [0, 0.1) is 12.8 Å². The van der Waals surface area contributed by atoms with Crippen LogP contribution in [0.1, 0.15) is 38.3 Å². The van der Waals surface area contributed by atoms with Crippen molar-refractivity contribution in [3.05, 3.63) is 53.6 Å². The average molecular weight is 534 g/mol. The summed E-state index contributed by atoms with van der Waals surface area (Å²) in [5, 5.41) is 2.91. The summed E-state index contributed by atoms with van der Waals surface area (Å²) in [5.41, 5.74) is 1.86. The molecule has 2 amide bonds. The predicted octanol–water partition coefficient (Wildman–Crippen LogP) is 3.36. The van der Waals surface area contributed by atoms with Gasteiger partial charge < -0.3 is 19.7 Å². The first kappa shape index (κ1) is 30.0. The van der Waals surface area contributed by atoms with E-state index in [1.165, 1.54) is 12.0 Å². The molecule has 0 aliphatic heterocycles. The Balaban J connectivity index is 2.48.